The summed E-state index contributed by atoms with van der Waals surface area (Å²) in [6.07, 6.45) is 5.83. The van der Waals surface area contributed by atoms with Crippen molar-refractivity contribution in [1.29, 1.82) is 0 Å². The van der Waals surface area contributed by atoms with Gasteiger partial charge in [-0.15, -0.1) is 0 Å². The second-order valence-electron chi connectivity index (χ2n) is 8.27. The molecule has 2 unspecified atom stereocenters. The highest BCUT2D eigenvalue weighted by Crippen LogP contribution is 2.43. The summed E-state index contributed by atoms with van der Waals surface area (Å²) < 4.78 is 6.39. The summed E-state index contributed by atoms with van der Waals surface area (Å²) in [6, 6.07) is 1.10. The lowest BCUT2D eigenvalue weighted by atomic mass is 9.77. The van der Waals surface area contributed by atoms with Crippen molar-refractivity contribution in [3.05, 3.63) is 11.3 Å². The van der Waals surface area contributed by atoms with Gasteiger partial charge in [-0.3, -0.25) is 0 Å². The summed E-state index contributed by atoms with van der Waals surface area (Å²) >= 11 is 0. The summed E-state index contributed by atoms with van der Waals surface area (Å²) in [5.41, 5.74) is 9.15. The topological polar surface area (TPSA) is 80.2 Å². The maximum Gasteiger partial charge on any atom is 0.222 e. The van der Waals surface area contributed by atoms with Crippen LogP contribution in [0.4, 0.5) is 11.8 Å². The van der Waals surface area contributed by atoms with Crippen molar-refractivity contribution in [2.45, 2.75) is 63.5 Å². The van der Waals surface area contributed by atoms with E-state index in [0.717, 1.165) is 48.6 Å². The number of nitrogens with zero attached hydrogens (tertiary/aromatic N) is 3. The Bertz CT molecular complexity index is 799. The average Bonchev–Trinajstić information content (AvgIpc) is 3.07. The van der Waals surface area contributed by atoms with Crippen LogP contribution < -0.4 is 16.0 Å². The summed E-state index contributed by atoms with van der Waals surface area (Å²) in [6.45, 7) is 6.46. The average molecular weight is 327 g/mol. The number of nitrogens with one attached hydrogen (secondary N) is 1. The van der Waals surface area contributed by atoms with E-state index in [2.05, 4.69) is 34.0 Å². The largest absolute Gasteiger partial charge is 0.455 e. The monoisotopic (exact) mass is 327 g/mol. The second-order valence-corrected chi connectivity index (χ2v) is 8.27. The van der Waals surface area contributed by atoms with Crippen LogP contribution in [0.1, 0.15) is 50.9 Å². The lowest BCUT2D eigenvalue weighted by Crippen LogP contribution is -2.51. The van der Waals surface area contributed by atoms with E-state index < -0.39 is 0 Å². The zero-order chi connectivity index (χ0) is 16.5. The highest BCUT2D eigenvalue weighted by molar-refractivity contribution is 5.89. The molecule has 1 aliphatic carbocycles. The molecule has 3 aliphatic rings. The van der Waals surface area contributed by atoms with Gasteiger partial charge in [0.2, 0.25) is 5.95 Å². The van der Waals surface area contributed by atoms with Gasteiger partial charge in [0.25, 0.3) is 0 Å². The molecule has 3 N–H and O–H groups in total. The predicted octanol–water partition coefficient (Wildman–Crippen LogP) is 2.36. The first kappa shape index (κ1) is 14.5. The third-order valence-corrected chi connectivity index (χ3v) is 5.99. The summed E-state index contributed by atoms with van der Waals surface area (Å²) in [5, 5.41) is 3.67. The quantitative estimate of drug-likeness (QED) is 0.837. The molecule has 0 aromatic carbocycles. The number of fused-ring (bicyclic) bond motifs is 5. The van der Waals surface area contributed by atoms with E-state index >= 15 is 0 Å². The minimum atomic E-state index is 0.0583. The van der Waals surface area contributed by atoms with Crippen LogP contribution in [0.3, 0.4) is 0 Å². The van der Waals surface area contributed by atoms with Gasteiger partial charge in [-0.05, 0) is 32.1 Å². The van der Waals surface area contributed by atoms with E-state index in [1.165, 1.54) is 24.8 Å². The van der Waals surface area contributed by atoms with Crippen LogP contribution in [-0.2, 0) is 11.8 Å². The number of hydrogen-bond acceptors (Lipinski definition) is 6. The molecule has 2 saturated heterocycles. The number of aryl methyl sites for hydroxylation is 1. The molecule has 0 spiro atoms. The molecule has 6 heteroatoms. The van der Waals surface area contributed by atoms with E-state index in [0.29, 0.717) is 18.0 Å². The van der Waals surface area contributed by atoms with E-state index in [1.807, 2.05) is 0 Å². The number of piperazine rings is 1. The molecule has 0 radical (unpaired) electrons. The van der Waals surface area contributed by atoms with Gasteiger partial charge in [-0.1, -0.05) is 13.8 Å². The van der Waals surface area contributed by atoms with Crippen molar-refractivity contribution in [2.24, 2.45) is 0 Å². The van der Waals surface area contributed by atoms with E-state index in [9.17, 15) is 0 Å². The molecule has 2 aliphatic heterocycles. The Kier molecular flexibility index (Phi) is 2.93. The van der Waals surface area contributed by atoms with Gasteiger partial charge in [-0.25, -0.2) is 4.98 Å². The number of nitrogen functional groups attached to an aromatic ring is 1. The lowest BCUT2D eigenvalue weighted by molar-refractivity contribution is 0.345. The summed E-state index contributed by atoms with van der Waals surface area (Å²) in [5.74, 6) is 2.33. The highest BCUT2D eigenvalue weighted by Gasteiger charge is 2.37. The van der Waals surface area contributed by atoms with E-state index in [4.69, 9.17) is 10.2 Å². The fraction of sp³-hybridized carbons (Fsp3) is 0.667. The molecule has 24 heavy (non-hydrogen) atoms. The van der Waals surface area contributed by atoms with Gasteiger partial charge in [-0.2, -0.15) is 4.98 Å². The van der Waals surface area contributed by atoms with Crippen LogP contribution in [0, 0.1) is 0 Å². The Morgan fingerprint density at radius 1 is 1.21 bits per heavy atom. The normalized spacial score (nSPS) is 28.3. The van der Waals surface area contributed by atoms with Gasteiger partial charge in [0.1, 0.15) is 11.3 Å². The van der Waals surface area contributed by atoms with Gasteiger partial charge in [0.05, 0.1) is 0 Å². The first-order chi connectivity index (χ1) is 11.5. The van der Waals surface area contributed by atoms with Crippen LogP contribution in [0.5, 0.6) is 0 Å². The van der Waals surface area contributed by atoms with E-state index in [1.54, 1.807) is 0 Å². The first-order valence-electron chi connectivity index (χ1n) is 9.11. The Morgan fingerprint density at radius 2 is 1.96 bits per heavy atom. The molecule has 4 heterocycles. The van der Waals surface area contributed by atoms with Crippen LogP contribution in [0.25, 0.3) is 11.1 Å². The molecule has 6 nitrogen and oxygen atoms in total. The van der Waals surface area contributed by atoms with Crippen LogP contribution in [0.15, 0.2) is 4.42 Å². The van der Waals surface area contributed by atoms with Crippen molar-refractivity contribution in [2.75, 3.05) is 23.7 Å². The zero-order valence-corrected chi connectivity index (χ0v) is 14.4. The van der Waals surface area contributed by atoms with Crippen molar-refractivity contribution in [3.63, 3.8) is 0 Å². The Labute approximate surface area is 141 Å². The van der Waals surface area contributed by atoms with Crippen LogP contribution >= 0.6 is 0 Å². The van der Waals surface area contributed by atoms with Crippen molar-refractivity contribution in [3.8, 4) is 0 Å². The molecule has 0 amide bonds. The maximum atomic E-state index is 6.39. The van der Waals surface area contributed by atoms with Crippen molar-refractivity contribution < 1.29 is 4.42 Å². The molecular weight excluding hydrogens is 302 g/mol. The predicted molar refractivity (Wildman–Crippen MR) is 94.3 cm³/mol. The molecule has 0 saturated carbocycles. The van der Waals surface area contributed by atoms with Gasteiger partial charge >= 0.3 is 0 Å². The maximum absolute atomic E-state index is 6.39. The molecule has 5 rings (SSSR count). The number of aromatic nitrogens is 2. The second kappa shape index (κ2) is 4.85. The fourth-order valence-electron chi connectivity index (χ4n) is 4.81. The third kappa shape index (κ3) is 2.05. The van der Waals surface area contributed by atoms with Crippen LogP contribution in [0.2, 0.25) is 0 Å². The number of anilines is 2. The van der Waals surface area contributed by atoms with Crippen molar-refractivity contribution in [1.82, 2.24) is 15.3 Å². The molecule has 2 aromatic heterocycles. The minimum Gasteiger partial charge on any atom is -0.455 e. The molecule has 2 fully saturated rings. The standard InChI is InChI=1S/C18H25N5O/c1-18(2)7-3-4-12-13-14(24-15(12)18)16(22-17(19)21-13)23-8-10-5-6-11(9-23)20-10/h10-11,20H,3-9H2,1-2H3,(H2,19,21,22). The number of furan rings is 1. The van der Waals surface area contributed by atoms with Gasteiger partial charge in [0.15, 0.2) is 11.4 Å². The first-order valence-corrected chi connectivity index (χ1v) is 9.11. The molecule has 128 valence electrons. The molecule has 2 aromatic rings. The van der Waals surface area contributed by atoms with Gasteiger partial charge < -0.3 is 20.4 Å². The fourth-order valence-corrected chi connectivity index (χ4v) is 4.81. The minimum absolute atomic E-state index is 0.0583. The number of rotatable bonds is 1. The molecule has 2 atom stereocenters. The van der Waals surface area contributed by atoms with Gasteiger partial charge in [0, 0.05) is 36.2 Å². The lowest BCUT2D eigenvalue weighted by Gasteiger charge is -2.33. The SMILES string of the molecule is CC1(C)CCCc2c1oc1c(N3CC4CCC(C3)N4)nc(N)nc21. The number of nitrogens with two attached hydrogens (primary N) is 1. The number of hydrogen-bond donors (Lipinski definition) is 2. The Morgan fingerprint density at radius 3 is 2.71 bits per heavy atom. The zero-order valence-electron chi connectivity index (χ0n) is 14.4. The Hall–Kier alpha value is -1.82. The summed E-state index contributed by atoms with van der Waals surface area (Å²) in [4.78, 5) is 11.5. The smallest absolute Gasteiger partial charge is 0.222 e. The Balaban J connectivity index is 1.68. The van der Waals surface area contributed by atoms with E-state index in [-0.39, 0.29) is 5.41 Å². The highest BCUT2D eigenvalue weighted by atomic mass is 16.3. The molecular formula is C18H25N5O. The van der Waals surface area contributed by atoms with Crippen molar-refractivity contribution >= 4 is 22.9 Å². The molecule has 2 bridgehead atoms. The van der Waals surface area contributed by atoms with Crippen LogP contribution in [-0.4, -0.2) is 35.1 Å². The third-order valence-electron chi connectivity index (χ3n) is 5.99. The summed E-state index contributed by atoms with van der Waals surface area (Å²) in [7, 11) is 0.